The van der Waals surface area contributed by atoms with Gasteiger partial charge in [0.15, 0.2) is 16.8 Å². The smallest absolute Gasteiger partial charge is 0.281 e. The summed E-state index contributed by atoms with van der Waals surface area (Å²) in [5, 5.41) is 2.99. The molecule has 1 aromatic heterocycles. The van der Waals surface area contributed by atoms with E-state index < -0.39 is 35.0 Å². The lowest BCUT2D eigenvalue weighted by Gasteiger charge is -2.20. The Labute approximate surface area is 115 Å². The topological polar surface area (TPSA) is 139 Å². The summed E-state index contributed by atoms with van der Waals surface area (Å²) in [6.07, 6.45) is 1.03. The lowest BCUT2D eigenvalue weighted by Crippen LogP contribution is -2.59. The van der Waals surface area contributed by atoms with Crippen molar-refractivity contribution < 1.29 is 14.4 Å². The molecule has 10 heteroatoms. The van der Waals surface area contributed by atoms with Crippen LogP contribution in [0.3, 0.4) is 0 Å². The Morgan fingerprint density at radius 2 is 1.57 bits per heavy atom. The van der Waals surface area contributed by atoms with Gasteiger partial charge >= 0.3 is 6.03 Å². The summed E-state index contributed by atoms with van der Waals surface area (Å²) in [5.74, 6) is -2.17. The quantitative estimate of drug-likeness (QED) is 0.546. The van der Waals surface area contributed by atoms with Crippen molar-refractivity contribution in [1.82, 2.24) is 15.2 Å². The van der Waals surface area contributed by atoms with Gasteiger partial charge in [0, 0.05) is 13.2 Å². The molecular formula is C11H9N5O5. The number of nitrogens with zero attached hydrogens (tertiary/aromatic N) is 3. The van der Waals surface area contributed by atoms with Gasteiger partial charge in [-0.15, -0.1) is 0 Å². The molecule has 1 aliphatic heterocycles. The highest BCUT2D eigenvalue weighted by Gasteiger charge is 2.38. The molecule has 0 aliphatic carbocycles. The van der Waals surface area contributed by atoms with Crippen molar-refractivity contribution in [3.8, 4) is 0 Å². The largest absolute Gasteiger partial charge is 0.328 e. The number of amides is 4. The Bertz CT molecular complexity index is 864. The SMILES string of the molecule is C=CN=c1c(=NC)c(=O)n(C2C(=O)NC(=O)NC2=O)c1=O. The molecule has 0 aromatic carbocycles. The summed E-state index contributed by atoms with van der Waals surface area (Å²) >= 11 is 0. The average molecular weight is 291 g/mol. The lowest BCUT2D eigenvalue weighted by molar-refractivity contribution is -0.135. The van der Waals surface area contributed by atoms with Crippen LogP contribution in [0.2, 0.25) is 0 Å². The van der Waals surface area contributed by atoms with Gasteiger partial charge in [-0.05, 0) is 0 Å². The maximum absolute atomic E-state index is 12.1. The van der Waals surface area contributed by atoms with E-state index >= 15 is 0 Å². The summed E-state index contributed by atoms with van der Waals surface area (Å²) in [6, 6.07) is -2.82. The fraction of sp³-hybridized carbons (Fsp3) is 0.182. The fourth-order valence-electron chi connectivity index (χ4n) is 1.91. The molecule has 1 aromatic rings. The zero-order chi connectivity index (χ0) is 15.7. The van der Waals surface area contributed by atoms with Crippen molar-refractivity contribution in [3.05, 3.63) is 44.2 Å². The second-order valence-electron chi connectivity index (χ2n) is 3.92. The summed E-state index contributed by atoms with van der Waals surface area (Å²) < 4.78 is 0.405. The standard InChI is InChI=1S/C11H9N5O5/c1-3-13-5-4(12-2)9(19)16(10(5)20)6-7(17)14-11(21)15-8(6)18/h3,6H,1H2,2H3,(H2,14,15,17,18,21). The maximum atomic E-state index is 12.1. The molecule has 1 fully saturated rings. The van der Waals surface area contributed by atoms with Crippen LogP contribution in [0.4, 0.5) is 4.79 Å². The zero-order valence-corrected chi connectivity index (χ0v) is 10.7. The molecule has 2 heterocycles. The van der Waals surface area contributed by atoms with Gasteiger partial charge < -0.3 is 0 Å². The molecular weight excluding hydrogens is 282 g/mol. The molecule has 0 saturated carbocycles. The number of imide groups is 2. The van der Waals surface area contributed by atoms with E-state index in [0.29, 0.717) is 4.57 Å². The van der Waals surface area contributed by atoms with Gasteiger partial charge in [-0.3, -0.25) is 34.8 Å². The predicted molar refractivity (Wildman–Crippen MR) is 67.3 cm³/mol. The summed E-state index contributed by atoms with van der Waals surface area (Å²) in [5.41, 5.74) is -1.92. The average Bonchev–Trinajstić information content (AvgIpc) is 2.62. The van der Waals surface area contributed by atoms with Gasteiger partial charge in [-0.2, -0.15) is 0 Å². The van der Waals surface area contributed by atoms with Crippen molar-refractivity contribution in [2.24, 2.45) is 9.98 Å². The van der Waals surface area contributed by atoms with Crippen molar-refractivity contribution >= 4 is 17.8 Å². The third kappa shape index (κ3) is 2.12. The maximum Gasteiger partial charge on any atom is 0.328 e. The third-order valence-corrected chi connectivity index (χ3v) is 2.74. The molecule has 0 unspecified atom stereocenters. The molecule has 0 atom stereocenters. The van der Waals surface area contributed by atoms with Crippen LogP contribution in [0.15, 0.2) is 32.4 Å². The highest BCUT2D eigenvalue weighted by Crippen LogP contribution is 2.04. The summed E-state index contributed by atoms with van der Waals surface area (Å²) in [6.45, 7) is 3.30. The van der Waals surface area contributed by atoms with Gasteiger partial charge in [0.25, 0.3) is 22.9 Å². The van der Waals surface area contributed by atoms with E-state index in [1.165, 1.54) is 7.05 Å². The molecule has 0 bridgehead atoms. The highest BCUT2D eigenvalue weighted by molar-refractivity contribution is 6.17. The number of carbonyl (C=O) groups is 3. The molecule has 21 heavy (non-hydrogen) atoms. The van der Waals surface area contributed by atoms with E-state index in [1.54, 1.807) is 10.6 Å². The first-order valence-corrected chi connectivity index (χ1v) is 5.61. The molecule has 2 rings (SSSR count). The number of aromatic nitrogens is 1. The number of carbonyl (C=O) groups excluding carboxylic acids is 3. The first kappa shape index (κ1) is 14.2. The first-order chi connectivity index (χ1) is 9.92. The van der Waals surface area contributed by atoms with Crippen LogP contribution in [-0.4, -0.2) is 29.5 Å². The van der Waals surface area contributed by atoms with Crippen LogP contribution in [0.1, 0.15) is 6.04 Å². The third-order valence-electron chi connectivity index (χ3n) is 2.74. The van der Waals surface area contributed by atoms with Gasteiger partial charge in [0.2, 0.25) is 0 Å². The number of rotatable bonds is 2. The summed E-state index contributed by atoms with van der Waals surface area (Å²) in [4.78, 5) is 65.9. The fourth-order valence-corrected chi connectivity index (χ4v) is 1.91. The minimum absolute atomic E-state index is 0.294. The van der Waals surface area contributed by atoms with E-state index in [1.807, 2.05) is 0 Å². The number of nitrogens with one attached hydrogen (secondary N) is 2. The van der Waals surface area contributed by atoms with E-state index in [2.05, 4.69) is 16.6 Å². The summed E-state index contributed by atoms with van der Waals surface area (Å²) in [7, 11) is 1.26. The van der Waals surface area contributed by atoms with Gasteiger partial charge in [0.1, 0.15) is 0 Å². The second kappa shape index (κ2) is 5.07. The first-order valence-electron chi connectivity index (χ1n) is 5.61. The van der Waals surface area contributed by atoms with Gasteiger partial charge in [-0.1, -0.05) is 6.58 Å². The Morgan fingerprint density at radius 1 is 1.05 bits per heavy atom. The highest BCUT2D eigenvalue weighted by atomic mass is 16.2. The van der Waals surface area contributed by atoms with Gasteiger partial charge in [0.05, 0.1) is 0 Å². The second-order valence-corrected chi connectivity index (χ2v) is 3.92. The molecule has 108 valence electrons. The molecule has 10 nitrogen and oxygen atoms in total. The Morgan fingerprint density at radius 3 is 2.05 bits per heavy atom. The number of barbiturate groups is 1. The van der Waals surface area contributed by atoms with Gasteiger partial charge in [-0.25, -0.2) is 14.4 Å². The van der Waals surface area contributed by atoms with Crippen molar-refractivity contribution in [1.29, 1.82) is 0 Å². The minimum atomic E-state index is -1.79. The van der Waals surface area contributed by atoms with E-state index in [9.17, 15) is 24.0 Å². The van der Waals surface area contributed by atoms with Crippen molar-refractivity contribution in [2.45, 2.75) is 6.04 Å². The number of hydrogen-bond donors (Lipinski definition) is 2. The van der Waals surface area contributed by atoms with Crippen molar-refractivity contribution in [3.63, 3.8) is 0 Å². The normalized spacial score (nSPS) is 17.9. The Kier molecular flexibility index (Phi) is 3.44. The van der Waals surface area contributed by atoms with Crippen LogP contribution >= 0.6 is 0 Å². The Balaban J connectivity index is 2.81. The van der Waals surface area contributed by atoms with Crippen molar-refractivity contribution in [2.75, 3.05) is 7.05 Å². The zero-order valence-electron chi connectivity index (χ0n) is 10.7. The van der Waals surface area contributed by atoms with Crippen LogP contribution < -0.4 is 32.5 Å². The van der Waals surface area contributed by atoms with E-state index in [0.717, 1.165) is 6.20 Å². The molecule has 0 spiro atoms. The number of urea groups is 1. The van der Waals surface area contributed by atoms with Crippen LogP contribution in [0, 0.1) is 0 Å². The molecule has 1 aliphatic rings. The Hall–Kier alpha value is -3.17. The molecule has 4 amide bonds. The minimum Gasteiger partial charge on any atom is -0.281 e. The number of hydrogen-bond acceptors (Lipinski definition) is 7. The molecule has 2 N–H and O–H groups in total. The van der Waals surface area contributed by atoms with Crippen LogP contribution in [0.25, 0.3) is 0 Å². The molecule has 1 saturated heterocycles. The molecule has 0 radical (unpaired) electrons. The lowest BCUT2D eigenvalue weighted by atomic mass is 10.2. The van der Waals surface area contributed by atoms with E-state index in [4.69, 9.17) is 0 Å². The van der Waals surface area contributed by atoms with Crippen LogP contribution in [0.5, 0.6) is 0 Å². The predicted octanol–water partition coefficient (Wildman–Crippen LogP) is -3.43. The van der Waals surface area contributed by atoms with Crippen LogP contribution in [-0.2, 0) is 9.59 Å². The monoisotopic (exact) mass is 291 g/mol. The van der Waals surface area contributed by atoms with E-state index in [-0.39, 0.29) is 10.7 Å².